The maximum atomic E-state index is 5.72. The van der Waals surface area contributed by atoms with E-state index < -0.39 is 0 Å². The van der Waals surface area contributed by atoms with Crippen molar-refractivity contribution in [1.29, 1.82) is 0 Å². The fourth-order valence-electron chi connectivity index (χ4n) is 2.05. The number of rotatable bonds is 5. The Labute approximate surface area is 103 Å². The van der Waals surface area contributed by atoms with Gasteiger partial charge >= 0.3 is 0 Å². The molecule has 94 valence electrons. The monoisotopic (exact) mass is 235 g/mol. The van der Waals surface area contributed by atoms with Crippen LogP contribution in [0, 0.1) is 0 Å². The molecular formula is C14H21NO2. The van der Waals surface area contributed by atoms with E-state index in [1.807, 2.05) is 12.1 Å². The molecule has 0 bridgehead atoms. The van der Waals surface area contributed by atoms with E-state index in [2.05, 4.69) is 12.1 Å². The third-order valence-electron chi connectivity index (χ3n) is 3.07. The molecule has 0 saturated carbocycles. The highest BCUT2D eigenvalue weighted by Gasteiger charge is 2.14. The highest BCUT2D eigenvalue weighted by Crippen LogP contribution is 2.16. The third kappa shape index (κ3) is 4.02. The first-order valence-electron chi connectivity index (χ1n) is 6.42. The van der Waals surface area contributed by atoms with Gasteiger partial charge in [0.2, 0.25) is 0 Å². The molecule has 2 N–H and O–H groups in total. The Hall–Kier alpha value is -1.06. The lowest BCUT2D eigenvalue weighted by Gasteiger charge is -2.22. The van der Waals surface area contributed by atoms with Crippen molar-refractivity contribution in [2.45, 2.75) is 31.8 Å². The van der Waals surface area contributed by atoms with Crippen LogP contribution in [0.4, 0.5) is 0 Å². The van der Waals surface area contributed by atoms with Crippen LogP contribution in [0.3, 0.4) is 0 Å². The first kappa shape index (κ1) is 12.4. The van der Waals surface area contributed by atoms with Crippen LogP contribution >= 0.6 is 0 Å². The first-order chi connectivity index (χ1) is 8.38. The van der Waals surface area contributed by atoms with Crippen LogP contribution in [0.2, 0.25) is 0 Å². The Morgan fingerprint density at radius 2 is 2.06 bits per heavy atom. The largest absolute Gasteiger partial charge is 0.491 e. The predicted octanol–water partition coefficient (Wildman–Crippen LogP) is 2.14. The fraction of sp³-hybridized carbons (Fsp3) is 0.571. The summed E-state index contributed by atoms with van der Waals surface area (Å²) in [6.45, 7) is 2.23. The maximum Gasteiger partial charge on any atom is 0.119 e. The van der Waals surface area contributed by atoms with E-state index in [4.69, 9.17) is 15.2 Å². The van der Waals surface area contributed by atoms with E-state index in [1.165, 1.54) is 18.4 Å². The Morgan fingerprint density at radius 1 is 1.24 bits per heavy atom. The fourth-order valence-corrected chi connectivity index (χ4v) is 2.05. The first-order valence-corrected chi connectivity index (χ1v) is 6.42. The normalized spacial score (nSPS) is 20.2. The molecule has 1 atom stereocenters. The SMILES string of the molecule is NCCc1ccc(OCC2CCCCO2)cc1. The van der Waals surface area contributed by atoms with E-state index in [0.717, 1.165) is 25.2 Å². The Bertz CT molecular complexity index is 317. The van der Waals surface area contributed by atoms with Crippen molar-refractivity contribution in [1.82, 2.24) is 0 Å². The summed E-state index contributed by atoms with van der Waals surface area (Å²) in [6, 6.07) is 8.16. The van der Waals surface area contributed by atoms with Crippen molar-refractivity contribution >= 4 is 0 Å². The minimum atomic E-state index is 0.271. The molecule has 0 aromatic heterocycles. The second kappa shape index (κ2) is 6.62. The average Bonchev–Trinajstić information content (AvgIpc) is 2.40. The van der Waals surface area contributed by atoms with Gasteiger partial charge in [-0.1, -0.05) is 12.1 Å². The van der Waals surface area contributed by atoms with Gasteiger partial charge in [0.1, 0.15) is 12.4 Å². The lowest BCUT2D eigenvalue weighted by molar-refractivity contribution is -0.0110. The molecule has 0 spiro atoms. The van der Waals surface area contributed by atoms with Gasteiger partial charge in [-0.15, -0.1) is 0 Å². The summed E-state index contributed by atoms with van der Waals surface area (Å²) in [6.07, 6.45) is 4.75. The van der Waals surface area contributed by atoms with Crippen LogP contribution < -0.4 is 10.5 Å². The molecule has 3 heteroatoms. The van der Waals surface area contributed by atoms with Crippen molar-refractivity contribution in [2.24, 2.45) is 5.73 Å². The topological polar surface area (TPSA) is 44.5 Å². The van der Waals surface area contributed by atoms with Crippen LogP contribution in [0.5, 0.6) is 5.75 Å². The molecule has 0 aliphatic carbocycles. The van der Waals surface area contributed by atoms with E-state index >= 15 is 0 Å². The summed E-state index contributed by atoms with van der Waals surface area (Å²) in [4.78, 5) is 0. The van der Waals surface area contributed by atoms with Gasteiger partial charge in [0.25, 0.3) is 0 Å². The predicted molar refractivity (Wildman–Crippen MR) is 68.3 cm³/mol. The molecule has 1 unspecified atom stereocenters. The quantitative estimate of drug-likeness (QED) is 0.850. The second-order valence-corrected chi connectivity index (χ2v) is 4.48. The molecule has 0 amide bonds. The highest BCUT2D eigenvalue weighted by molar-refractivity contribution is 5.27. The van der Waals surface area contributed by atoms with E-state index in [9.17, 15) is 0 Å². The van der Waals surface area contributed by atoms with Gasteiger partial charge in [-0.05, 0) is 49.9 Å². The minimum absolute atomic E-state index is 0.271. The van der Waals surface area contributed by atoms with Crippen LogP contribution in [0.25, 0.3) is 0 Å². The summed E-state index contributed by atoms with van der Waals surface area (Å²) >= 11 is 0. The van der Waals surface area contributed by atoms with Gasteiger partial charge in [-0.2, -0.15) is 0 Å². The standard InChI is InChI=1S/C14H21NO2/c15-9-8-12-4-6-13(7-5-12)17-11-14-3-1-2-10-16-14/h4-7,14H,1-3,8-11,15H2. The zero-order valence-corrected chi connectivity index (χ0v) is 10.2. The maximum absolute atomic E-state index is 5.72. The molecule has 1 aromatic rings. The second-order valence-electron chi connectivity index (χ2n) is 4.48. The van der Waals surface area contributed by atoms with Gasteiger partial charge in [-0.3, -0.25) is 0 Å². The van der Waals surface area contributed by atoms with Crippen LogP contribution in [0.1, 0.15) is 24.8 Å². The molecule has 1 aromatic carbocycles. The molecular weight excluding hydrogens is 214 g/mol. The van der Waals surface area contributed by atoms with E-state index in [1.54, 1.807) is 0 Å². The summed E-state index contributed by atoms with van der Waals surface area (Å²) in [5.74, 6) is 0.917. The molecule has 1 fully saturated rings. The molecule has 0 radical (unpaired) electrons. The van der Waals surface area contributed by atoms with Crippen molar-refractivity contribution in [2.75, 3.05) is 19.8 Å². The van der Waals surface area contributed by atoms with E-state index in [0.29, 0.717) is 13.2 Å². The number of benzene rings is 1. The van der Waals surface area contributed by atoms with Gasteiger partial charge in [-0.25, -0.2) is 0 Å². The zero-order chi connectivity index (χ0) is 11.9. The number of nitrogens with two attached hydrogens (primary N) is 1. The summed E-state index contributed by atoms with van der Waals surface area (Å²) < 4.78 is 11.3. The molecule has 1 heterocycles. The summed E-state index contributed by atoms with van der Waals surface area (Å²) in [5.41, 5.74) is 6.77. The Morgan fingerprint density at radius 3 is 2.71 bits per heavy atom. The summed E-state index contributed by atoms with van der Waals surface area (Å²) in [7, 11) is 0. The van der Waals surface area contributed by atoms with Gasteiger partial charge in [0, 0.05) is 6.61 Å². The van der Waals surface area contributed by atoms with Gasteiger partial charge in [0.05, 0.1) is 6.10 Å². The summed E-state index contributed by atoms with van der Waals surface area (Å²) in [5, 5.41) is 0. The minimum Gasteiger partial charge on any atom is -0.491 e. The third-order valence-corrected chi connectivity index (χ3v) is 3.07. The van der Waals surface area contributed by atoms with Crippen molar-refractivity contribution in [3.8, 4) is 5.75 Å². The molecule has 1 aliphatic heterocycles. The lowest BCUT2D eigenvalue weighted by atomic mass is 10.1. The molecule has 1 aliphatic rings. The van der Waals surface area contributed by atoms with E-state index in [-0.39, 0.29) is 6.10 Å². The smallest absolute Gasteiger partial charge is 0.119 e. The van der Waals surface area contributed by atoms with Crippen LogP contribution in [0.15, 0.2) is 24.3 Å². The number of hydrogen-bond acceptors (Lipinski definition) is 3. The van der Waals surface area contributed by atoms with Gasteiger partial charge in [0.15, 0.2) is 0 Å². The van der Waals surface area contributed by atoms with Gasteiger partial charge < -0.3 is 15.2 Å². The average molecular weight is 235 g/mol. The Balaban J connectivity index is 1.77. The number of ether oxygens (including phenoxy) is 2. The van der Waals surface area contributed by atoms with Crippen molar-refractivity contribution in [3.05, 3.63) is 29.8 Å². The molecule has 1 saturated heterocycles. The lowest BCUT2D eigenvalue weighted by Crippen LogP contribution is -2.25. The van der Waals surface area contributed by atoms with Crippen molar-refractivity contribution in [3.63, 3.8) is 0 Å². The molecule has 2 rings (SSSR count). The number of hydrogen-bond donors (Lipinski definition) is 1. The van der Waals surface area contributed by atoms with Crippen LogP contribution in [-0.4, -0.2) is 25.9 Å². The molecule has 3 nitrogen and oxygen atoms in total. The molecule has 17 heavy (non-hydrogen) atoms. The zero-order valence-electron chi connectivity index (χ0n) is 10.2. The Kier molecular flexibility index (Phi) is 4.83. The highest BCUT2D eigenvalue weighted by atomic mass is 16.5. The van der Waals surface area contributed by atoms with Crippen molar-refractivity contribution < 1.29 is 9.47 Å². The van der Waals surface area contributed by atoms with Crippen LogP contribution in [-0.2, 0) is 11.2 Å².